The zero-order valence-electron chi connectivity index (χ0n) is 15.8. The maximum atomic E-state index is 14.0. The zero-order chi connectivity index (χ0) is 20.5. The van der Waals surface area contributed by atoms with Crippen molar-refractivity contribution >= 4 is 17.2 Å². The quantitative estimate of drug-likeness (QED) is 0.476. The summed E-state index contributed by atoms with van der Waals surface area (Å²) < 4.78 is 24.6. The first-order valence-electron chi connectivity index (χ1n) is 9.57. The largest absolute Gasteiger partial charge is 0.461 e. The number of nitrogens with zero attached hydrogens (tertiary/aromatic N) is 4. The van der Waals surface area contributed by atoms with E-state index in [0.717, 1.165) is 17.8 Å². The van der Waals surface area contributed by atoms with Crippen molar-refractivity contribution < 1.29 is 18.1 Å². The van der Waals surface area contributed by atoms with Crippen LogP contribution in [0.1, 0.15) is 34.3 Å². The molecular weight excluding hydrogens is 407 g/mol. The van der Waals surface area contributed by atoms with Crippen LogP contribution in [0.2, 0.25) is 0 Å². The summed E-state index contributed by atoms with van der Waals surface area (Å²) in [6.45, 7) is 1.14. The molecule has 4 aromatic rings. The highest BCUT2D eigenvalue weighted by atomic mass is 32.1. The third-order valence-electron chi connectivity index (χ3n) is 5.10. The third-order valence-corrected chi connectivity index (χ3v) is 6.22. The van der Waals surface area contributed by atoms with E-state index >= 15 is 0 Å². The van der Waals surface area contributed by atoms with Gasteiger partial charge < -0.3 is 13.8 Å². The lowest BCUT2D eigenvalue weighted by molar-refractivity contribution is 0.0696. The summed E-state index contributed by atoms with van der Waals surface area (Å²) in [5.41, 5.74) is 0.685. The smallest absolute Gasteiger partial charge is 0.276 e. The van der Waals surface area contributed by atoms with Gasteiger partial charge in [0.1, 0.15) is 10.8 Å². The van der Waals surface area contributed by atoms with Gasteiger partial charge in [-0.05, 0) is 37.1 Å². The molecule has 9 heteroatoms. The maximum Gasteiger partial charge on any atom is 0.276 e. The molecule has 1 amide bonds. The van der Waals surface area contributed by atoms with Crippen LogP contribution in [0.3, 0.4) is 0 Å². The number of benzene rings is 1. The van der Waals surface area contributed by atoms with Crippen molar-refractivity contribution in [3.8, 4) is 22.1 Å². The summed E-state index contributed by atoms with van der Waals surface area (Å²) in [5, 5.41) is 13.7. The van der Waals surface area contributed by atoms with Gasteiger partial charge in [0.05, 0.1) is 6.26 Å². The molecule has 0 bridgehead atoms. The molecule has 3 aromatic heterocycles. The fourth-order valence-electron chi connectivity index (χ4n) is 3.58. The average molecular weight is 424 g/mol. The van der Waals surface area contributed by atoms with Gasteiger partial charge in [0.15, 0.2) is 16.5 Å². The topological polar surface area (TPSA) is 85.3 Å². The summed E-state index contributed by atoms with van der Waals surface area (Å²) in [5.74, 6) is 0.472. The molecular formula is C21H17FN4O3S. The Bertz CT molecular complexity index is 1170. The Balaban J connectivity index is 1.32. The van der Waals surface area contributed by atoms with Crippen LogP contribution >= 0.6 is 11.3 Å². The minimum atomic E-state index is -0.320. The van der Waals surface area contributed by atoms with Gasteiger partial charge in [-0.1, -0.05) is 28.6 Å². The van der Waals surface area contributed by atoms with E-state index in [1.54, 1.807) is 41.3 Å². The zero-order valence-corrected chi connectivity index (χ0v) is 16.6. The number of aromatic nitrogens is 3. The molecule has 0 N–H and O–H groups in total. The Morgan fingerprint density at radius 2 is 2.07 bits per heavy atom. The number of amides is 1. The lowest BCUT2D eigenvalue weighted by atomic mass is 9.98. The number of carbonyl (C=O) groups is 1. The van der Waals surface area contributed by atoms with Crippen molar-refractivity contribution in [2.75, 3.05) is 13.1 Å². The second kappa shape index (κ2) is 7.83. The minimum absolute atomic E-state index is 0.0529. The second-order valence-electron chi connectivity index (χ2n) is 7.07. The van der Waals surface area contributed by atoms with Crippen LogP contribution in [0.4, 0.5) is 4.39 Å². The molecule has 5 rings (SSSR count). The van der Waals surface area contributed by atoms with Crippen molar-refractivity contribution in [3.05, 3.63) is 65.2 Å². The number of carbonyl (C=O) groups excluding carboxylic acids is 1. The standard InChI is InChI=1S/C21H17FN4O3S/c22-15-7-2-1-6-14(15)20-24-23-19(30-20)13-5-3-9-26(12-13)21(27)16-11-18(29-25-16)17-8-4-10-28-17/h1-2,4,6-8,10-11,13H,3,5,9,12H2. The third kappa shape index (κ3) is 3.52. The summed E-state index contributed by atoms with van der Waals surface area (Å²) >= 11 is 1.37. The first-order chi connectivity index (χ1) is 14.7. The molecule has 1 aliphatic rings. The van der Waals surface area contributed by atoms with E-state index in [0.29, 0.717) is 35.2 Å². The minimum Gasteiger partial charge on any atom is -0.461 e. The molecule has 152 valence electrons. The van der Waals surface area contributed by atoms with Crippen LogP contribution in [-0.2, 0) is 0 Å². The molecule has 0 radical (unpaired) electrons. The monoisotopic (exact) mass is 424 g/mol. The van der Waals surface area contributed by atoms with Gasteiger partial charge in [-0.3, -0.25) is 4.79 Å². The highest BCUT2D eigenvalue weighted by molar-refractivity contribution is 7.14. The summed E-state index contributed by atoms with van der Waals surface area (Å²) in [6, 6.07) is 11.6. The van der Waals surface area contributed by atoms with Crippen molar-refractivity contribution in [2.45, 2.75) is 18.8 Å². The molecule has 0 spiro atoms. The fraction of sp³-hybridized carbons (Fsp3) is 0.238. The number of halogens is 1. The van der Waals surface area contributed by atoms with Crippen LogP contribution in [0.5, 0.6) is 0 Å². The lowest BCUT2D eigenvalue weighted by Crippen LogP contribution is -2.39. The number of piperidine rings is 1. The van der Waals surface area contributed by atoms with E-state index in [-0.39, 0.29) is 23.3 Å². The maximum absolute atomic E-state index is 14.0. The normalized spacial score (nSPS) is 16.7. The molecule has 7 nitrogen and oxygen atoms in total. The van der Waals surface area contributed by atoms with Gasteiger partial charge in [0.2, 0.25) is 5.76 Å². The van der Waals surface area contributed by atoms with E-state index in [1.165, 1.54) is 23.7 Å². The molecule has 4 heterocycles. The number of likely N-dealkylation sites (tertiary alicyclic amines) is 1. The number of furan rings is 1. The Morgan fingerprint density at radius 3 is 2.90 bits per heavy atom. The molecule has 1 fully saturated rings. The van der Waals surface area contributed by atoms with Gasteiger partial charge in [0.25, 0.3) is 5.91 Å². The Morgan fingerprint density at radius 1 is 1.17 bits per heavy atom. The lowest BCUT2D eigenvalue weighted by Gasteiger charge is -2.30. The second-order valence-corrected chi connectivity index (χ2v) is 8.08. The van der Waals surface area contributed by atoms with E-state index in [2.05, 4.69) is 15.4 Å². The van der Waals surface area contributed by atoms with Gasteiger partial charge in [0, 0.05) is 30.6 Å². The van der Waals surface area contributed by atoms with Crippen LogP contribution < -0.4 is 0 Å². The van der Waals surface area contributed by atoms with Crippen molar-refractivity contribution in [1.82, 2.24) is 20.3 Å². The fourth-order valence-corrected chi connectivity index (χ4v) is 4.58. The van der Waals surface area contributed by atoms with Crippen molar-refractivity contribution in [3.63, 3.8) is 0 Å². The number of hydrogen-bond donors (Lipinski definition) is 0. The predicted octanol–water partition coefficient (Wildman–Crippen LogP) is 4.61. The van der Waals surface area contributed by atoms with Crippen molar-refractivity contribution in [2.24, 2.45) is 0 Å². The number of rotatable bonds is 4. The van der Waals surface area contributed by atoms with Crippen molar-refractivity contribution in [1.29, 1.82) is 0 Å². The molecule has 0 aliphatic carbocycles. The Labute approximate surface area is 175 Å². The summed E-state index contributed by atoms with van der Waals surface area (Å²) in [4.78, 5) is 14.7. The highest BCUT2D eigenvalue weighted by Crippen LogP contribution is 2.34. The molecule has 1 aliphatic heterocycles. The Kier molecular flexibility index (Phi) is 4.88. The molecule has 0 saturated carbocycles. The van der Waals surface area contributed by atoms with Gasteiger partial charge in [-0.25, -0.2) is 4.39 Å². The summed E-state index contributed by atoms with van der Waals surface area (Å²) in [6.07, 6.45) is 3.27. The molecule has 30 heavy (non-hydrogen) atoms. The van der Waals surface area contributed by atoms with Gasteiger partial charge in [-0.15, -0.1) is 10.2 Å². The molecule has 1 unspecified atom stereocenters. The predicted molar refractivity (Wildman–Crippen MR) is 107 cm³/mol. The van der Waals surface area contributed by atoms with E-state index in [1.807, 2.05) is 0 Å². The first-order valence-corrected chi connectivity index (χ1v) is 10.4. The highest BCUT2D eigenvalue weighted by Gasteiger charge is 2.30. The van der Waals surface area contributed by atoms with Gasteiger partial charge >= 0.3 is 0 Å². The van der Waals surface area contributed by atoms with Crippen LogP contribution in [0.25, 0.3) is 22.1 Å². The molecule has 1 aromatic carbocycles. The first kappa shape index (κ1) is 18.7. The number of hydrogen-bond acceptors (Lipinski definition) is 7. The van der Waals surface area contributed by atoms with Crippen LogP contribution in [0, 0.1) is 5.82 Å². The van der Waals surface area contributed by atoms with E-state index in [4.69, 9.17) is 8.94 Å². The van der Waals surface area contributed by atoms with Crippen LogP contribution in [-0.4, -0.2) is 39.3 Å². The van der Waals surface area contributed by atoms with E-state index < -0.39 is 0 Å². The summed E-state index contributed by atoms with van der Waals surface area (Å²) in [7, 11) is 0. The van der Waals surface area contributed by atoms with Gasteiger partial charge in [-0.2, -0.15) is 0 Å². The average Bonchev–Trinajstić information content (AvgIpc) is 3.55. The molecule has 1 atom stereocenters. The van der Waals surface area contributed by atoms with Crippen LogP contribution in [0.15, 0.2) is 57.7 Å². The molecule has 1 saturated heterocycles. The Hall–Kier alpha value is -3.33. The van der Waals surface area contributed by atoms with E-state index in [9.17, 15) is 9.18 Å². The SMILES string of the molecule is O=C(c1cc(-c2ccco2)on1)N1CCCC(c2nnc(-c3ccccc3F)s2)C1.